The van der Waals surface area contributed by atoms with Crippen LogP contribution in [0.25, 0.3) is 21.1 Å². The molecule has 1 aliphatic rings. The van der Waals surface area contributed by atoms with Gasteiger partial charge in [-0.15, -0.1) is 23.1 Å². The third-order valence-corrected chi connectivity index (χ3v) is 7.73. The molecule has 3 heterocycles. The van der Waals surface area contributed by atoms with Gasteiger partial charge in [0, 0.05) is 38.9 Å². The van der Waals surface area contributed by atoms with Gasteiger partial charge >= 0.3 is 0 Å². The molecule has 0 unspecified atom stereocenters. The van der Waals surface area contributed by atoms with Gasteiger partial charge in [-0.3, -0.25) is 4.79 Å². The van der Waals surface area contributed by atoms with Crippen LogP contribution in [0.5, 0.6) is 0 Å². The van der Waals surface area contributed by atoms with E-state index in [9.17, 15) is 4.79 Å². The number of nitrogens with one attached hydrogen (secondary N) is 1. The van der Waals surface area contributed by atoms with Gasteiger partial charge in [-0.25, -0.2) is 9.97 Å². The Labute approximate surface area is 177 Å². The van der Waals surface area contributed by atoms with Crippen LogP contribution in [0.4, 0.5) is 0 Å². The van der Waals surface area contributed by atoms with Crippen molar-refractivity contribution < 1.29 is 0 Å². The largest absolute Gasteiger partial charge is 0.322 e. The number of aryl methyl sites for hydroxylation is 2. The monoisotopic (exact) mass is 421 g/mol. The third kappa shape index (κ3) is 3.49. The maximum absolute atomic E-state index is 12.1. The molecule has 0 saturated carbocycles. The lowest BCUT2D eigenvalue weighted by molar-refractivity contribution is 0.698. The highest BCUT2D eigenvalue weighted by molar-refractivity contribution is 7.98. The number of hydrogen-bond acceptors (Lipinski definition) is 5. The molecule has 4 aromatic rings. The van der Waals surface area contributed by atoms with Gasteiger partial charge in [0.1, 0.15) is 15.7 Å². The van der Waals surface area contributed by atoms with E-state index >= 15 is 0 Å². The van der Waals surface area contributed by atoms with E-state index in [-0.39, 0.29) is 5.56 Å². The van der Waals surface area contributed by atoms with Crippen LogP contribution in [0.1, 0.15) is 54.4 Å². The Balaban J connectivity index is 1.60. The third-order valence-electron chi connectivity index (χ3n) is 5.52. The molecule has 1 aromatic carbocycles. The molecule has 0 fully saturated rings. The fraction of sp³-hybridized carbons (Fsp3) is 0.348. The van der Waals surface area contributed by atoms with Crippen LogP contribution in [0, 0.1) is 0 Å². The number of aromatic amines is 1. The predicted molar refractivity (Wildman–Crippen MR) is 122 cm³/mol. The highest BCUT2D eigenvalue weighted by Crippen LogP contribution is 2.41. The Bertz CT molecular complexity index is 1270. The molecule has 0 spiro atoms. The summed E-state index contributed by atoms with van der Waals surface area (Å²) in [5.74, 6) is 1.92. The summed E-state index contributed by atoms with van der Waals surface area (Å²) in [5.41, 5.74) is 3.35. The van der Waals surface area contributed by atoms with Crippen LogP contribution in [-0.4, -0.2) is 15.0 Å². The quantitative estimate of drug-likeness (QED) is 0.333. The zero-order chi connectivity index (χ0) is 20.0. The van der Waals surface area contributed by atoms with Gasteiger partial charge in [0.15, 0.2) is 0 Å². The summed E-state index contributed by atoms with van der Waals surface area (Å²) in [6.45, 7) is 4.29. The lowest BCUT2D eigenvalue weighted by Crippen LogP contribution is -2.06. The number of hydrogen-bond donors (Lipinski definition) is 1. The van der Waals surface area contributed by atoms with Crippen LogP contribution >= 0.6 is 23.1 Å². The van der Waals surface area contributed by atoms with E-state index in [1.165, 1.54) is 28.7 Å². The van der Waals surface area contributed by atoms with Crippen molar-refractivity contribution in [3.63, 3.8) is 0 Å². The van der Waals surface area contributed by atoms with E-state index in [0.717, 1.165) is 50.7 Å². The van der Waals surface area contributed by atoms with Gasteiger partial charge in [0.25, 0.3) is 0 Å². The molecular formula is C23H23N3OS2. The Hall–Kier alpha value is -2.18. The minimum atomic E-state index is -0.0529. The number of pyridine rings is 1. The zero-order valence-electron chi connectivity index (χ0n) is 16.6. The van der Waals surface area contributed by atoms with Gasteiger partial charge in [0.2, 0.25) is 5.56 Å². The van der Waals surface area contributed by atoms with Gasteiger partial charge in [0.05, 0.1) is 0 Å². The van der Waals surface area contributed by atoms with Crippen molar-refractivity contribution >= 4 is 44.2 Å². The second-order valence-corrected chi connectivity index (χ2v) is 9.97. The van der Waals surface area contributed by atoms with Crippen LogP contribution in [0.2, 0.25) is 0 Å². The van der Waals surface area contributed by atoms with Crippen molar-refractivity contribution in [3.8, 4) is 0 Å². The number of benzene rings is 1. The SMILES string of the molecule is CC(C)c1nc(SCc2cc(=O)[nH]c3ccccc23)c2c3c(sc2n1)CCCC3. The van der Waals surface area contributed by atoms with Gasteiger partial charge in [-0.2, -0.15) is 0 Å². The number of thiophene rings is 1. The van der Waals surface area contributed by atoms with Crippen molar-refractivity contribution in [2.75, 3.05) is 0 Å². The van der Waals surface area contributed by atoms with Crippen molar-refractivity contribution in [1.29, 1.82) is 0 Å². The van der Waals surface area contributed by atoms with E-state index < -0.39 is 0 Å². The van der Waals surface area contributed by atoms with E-state index in [1.54, 1.807) is 17.8 Å². The maximum atomic E-state index is 12.1. The summed E-state index contributed by atoms with van der Waals surface area (Å²) in [6.07, 6.45) is 4.80. The number of rotatable bonds is 4. The number of fused-ring (bicyclic) bond motifs is 4. The molecule has 1 N–H and O–H groups in total. The zero-order valence-corrected chi connectivity index (χ0v) is 18.3. The van der Waals surface area contributed by atoms with Gasteiger partial charge < -0.3 is 4.98 Å². The number of thioether (sulfide) groups is 1. The molecule has 0 saturated heterocycles. The van der Waals surface area contributed by atoms with Crippen molar-refractivity contribution in [3.05, 3.63) is 62.5 Å². The van der Waals surface area contributed by atoms with E-state index in [0.29, 0.717) is 5.92 Å². The van der Waals surface area contributed by atoms with Gasteiger partial charge in [-0.05, 0) is 42.9 Å². The molecule has 5 rings (SSSR count). The smallest absolute Gasteiger partial charge is 0.248 e. The first-order valence-electron chi connectivity index (χ1n) is 10.2. The van der Waals surface area contributed by atoms with Crippen molar-refractivity contribution in [2.45, 2.75) is 56.2 Å². The minimum absolute atomic E-state index is 0.0529. The van der Waals surface area contributed by atoms with Crippen molar-refractivity contribution in [2.24, 2.45) is 0 Å². The van der Waals surface area contributed by atoms with E-state index in [2.05, 4.69) is 24.9 Å². The fourth-order valence-electron chi connectivity index (χ4n) is 4.04. The predicted octanol–water partition coefficient (Wildman–Crippen LogP) is 5.83. The Morgan fingerprint density at radius 2 is 2.00 bits per heavy atom. The lowest BCUT2D eigenvalue weighted by Gasteiger charge is -2.13. The second kappa shape index (κ2) is 7.58. The first-order chi connectivity index (χ1) is 14.1. The molecular weight excluding hydrogens is 398 g/mol. The molecule has 29 heavy (non-hydrogen) atoms. The highest BCUT2D eigenvalue weighted by Gasteiger charge is 2.22. The first-order valence-corrected chi connectivity index (χ1v) is 12.0. The van der Waals surface area contributed by atoms with Gasteiger partial charge in [-0.1, -0.05) is 32.0 Å². The van der Waals surface area contributed by atoms with Crippen LogP contribution in [0.15, 0.2) is 40.2 Å². The van der Waals surface area contributed by atoms with E-state index in [4.69, 9.17) is 9.97 Å². The number of nitrogens with zero attached hydrogens (tertiary/aromatic N) is 2. The van der Waals surface area contributed by atoms with Crippen LogP contribution < -0.4 is 5.56 Å². The molecule has 148 valence electrons. The molecule has 3 aromatic heterocycles. The molecule has 0 atom stereocenters. The normalized spacial score (nSPS) is 14.0. The summed E-state index contributed by atoms with van der Waals surface area (Å²) >= 11 is 3.59. The second-order valence-electron chi connectivity index (χ2n) is 7.93. The van der Waals surface area contributed by atoms with Crippen LogP contribution in [0.3, 0.4) is 0 Å². The molecule has 4 nitrogen and oxygen atoms in total. The summed E-state index contributed by atoms with van der Waals surface area (Å²) in [7, 11) is 0. The highest BCUT2D eigenvalue weighted by atomic mass is 32.2. The summed E-state index contributed by atoms with van der Waals surface area (Å²) in [4.78, 5) is 27.6. The topological polar surface area (TPSA) is 58.6 Å². The average Bonchev–Trinajstić information content (AvgIpc) is 3.10. The molecule has 0 radical (unpaired) electrons. The minimum Gasteiger partial charge on any atom is -0.322 e. The molecule has 0 aliphatic heterocycles. The number of H-pyrrole nitrogens is 1. The molecule has 6 heteroatoms. The number of para-hydroxylation sites is 1. The molecule has 0 amide bonds. The van der Waals surface area contributed by atoms with Crippen LogP contribution in [-0.2, 0) is 18.6 Å². The average molecular weight is 422 g/mol. The van der Waals surface area contributed by atoms with E-state index in [1.807, 2.05) is 29.5 Å². The maximum Gasteiger partial charge on any atom is 0.248 e. The summed E-state index contributed by atoms with van der Waals surface area (Å²) < 4.78 is 0. The lowest BCUT2D eigenvalue weighted by atomic mass is 9.97. The number of aromatic nitrogens is 3. The fourth-order valence-corrected chi connectivity index (χ4v) is 6.43. The Morgan fingerprint density at radius 1 is 1.17 bits per heavy atom. The molecule has 1 aliphatic carbocycles. The Kier molecular flexibility index (Phi) is 4.92. The Morgan fingerprint density at radius 3 is 2.86 bits per heavy atom. The summed E-state index contributed by atoms with van der Waals surface area (Å²) in [5, 5.41) is 3.43. The first kappa shape index (κ1) is 18.8. The molecule has 0 bridgehead atoms. The standard InChI is InChI=1S/C23H23N3OS2/c1-13(2)21-25-22(20-16-8-4-6-10-18(16)29-23(20)26-21)28-12-14-11-19(27)24-17-9-5-3-7-15(14)17/h3,5,7,9,11,13H,4,6,8,10,12H2,1-2H3,(H,24,27). The van der Waals surface area contributed by atoms with Crippen molar-refractivity contribution in [1.82, 2.24) is 15.0 Å². The summed E-state index contributed by atoms with van der Waals surface area (Å²) in [6, 6.07) is 9.72.